The Morgan fingerprint density at radius 1 is 1.42 bits per heavy atom. The van der Waals surface area contributed by atoms with Crippen molar-refractivity contribution < 1.29 is 18.1 Å². The van der Waals surface area contributed by atoms with Crippen LogP contribution in [0.1, 0.15) is 5.56 Å². The highest BCUT2D eigenvalue weighted by atomic mass is 32.2. The molecule has 3 N–H and O–H groups in total. The first-order valence-electron chi connectivity index (χ1n) is 5.28. The summed E-state index contributed by atoms with van der Waals surface area (Å²) in [6, 6.07) is 5.67. The third-order valence-corrected chi connectivity index (χ3v) is 2.97. The predicted octanol–water partition coefficient (Wildman–Crippen LogP) is -0.458. The molecular weight excluding hydrogens is 274 g/mol. The van der Waals surface area contributed by atoms with E-state index in [9.17, 15) is 23.3 Å². The number of benzene rings is 1. The second-order valence-electron chi connectivity index (χ2n) is 3.82. The Labute approximate surface area is 109 Å². The van der Waals surface area contributed by atoms with E-state index in [0.717, 1.165) is 0 Å². The van der Waals surface area contributed by atoms with Crippen LogP contribution in [0.2, 0.25) is 0 Å². The maximum Gasteiger partial charge on any atom is 0.269 e. The molecule has 1 aromatic rings. The lowest BCUT2D eigenvalue weighted by molar-refractivity contribution is -0.384. The highest BCUT2D eigenvalue weighted by Crippen LogP contribution is 2.13. The van der Waals surface area contributed by atoms with Crippen LogP contribution < -0.4 is 10.5 Å². The first-order valence-corrected chi connectivity index (χ1v) is 7.00. The fourth-order valence-corrected chi connectivity index (χ4v) is 1.75. The molecule has 0 aliphatic carbocycles. The smallest absolute Gasteiger partial charge is 0.269 e. The summed E-state index contributed by atoms with van der Waals surface area (Å²) in [5.41, 5.74) is 0.372. The van der Waals surface area contributed by atoms with Crippen molar-refractivity contribution in [2.75, 3.05) is 12.3 Å². The summed E-state index contributed by atoms with van der Waals surface area (Å²) in [4.78, 5) is 21.5. The van der Waals surface area contributed by atoms with Gasteiger partial charge < -0.3 is 5.32 Å². The monoisotopic (exact) mass is 287 g/mol. The van der Waals surface area contributed by atoms with Gasteiger partial charge in [0.25, 0.3) is 5.69 Å². The van der Waals surface area contributed by atoms with Crippen LogP contribution in [0.4, 0.5) is 5.69 Å². The van der Waals surface area contributed by atoms with Gasteiger partial charge in [0, 0.05) is 18.7 Å². The van der Waals surface area contributed by atoms with Crippen molar-refractivity contribution in [3.05, 3.63) is 39.9 Å². The molecule has 1 aromatic carbocycles. The molecule has 0 saturated heterocycles. The van der Waals surface area contributed by atoms with E-state index < -0.39 is 20.9 Å². The molecule has 0 aromatic heterocycles. The predicted molar refractivity (Wildman–Crippen MR) is 67.8 cm³/mol. The number of nitrogens with zero attached hydrogens (tertiary/aromatic N) is 1. The van der Waals surface area contributed by atoms with Crippen molar-refractivity contribution in [1.29, 1.82) is 0 Å². The van der Waals surface area contributed by atoms with E-state index >= 15 is 0 Å². The first-order chi connectivity index (χ1) is 8.78. The van der Waals surface area contributed by atoms with Crippen LogP contribution >= 0.6 is 0 Å². The average molecular weight is 287 g/mol. The number of non-ortho nitro benzene ring substituents is 1. The van der Waals surface area contributed by atoms with E-state index in [4.69, 9.17) is 5.14 Å². The van der Waals surface area contributed by atoms with Gasteiger partial charge in [-0.2, -0.15) is 0 Å². The van der Waals surface area contributed by atoms with Gasteiger partial charge in [0.2, 0.25) is 15.9 Å². The minimum atomic E-state index is -3.61. The van der Waals surface area contributed by atoms with E-state index in [1.807, 2.05) is 0 Å². The molecule has 8 nitrogen and oxygen atoms in total. The van der Waals surface area contributed by atoms with Crippen LogP contribution in [0.3, 0.4) is 0 Å². The van der Waals surface area contributed by atoms with Crippen molar-refractivity contribution in [3.8, 4) is 0 Å². The van der Waals surface area contributed by atoms with Crippen LogP contribution in [0.5, 0.6) is 0 Å². The van der Waals surface area contributed by atoms with Crippen LogP contribution in [0, 0.1) is 10.1 Å². The molecule has 1 rings (SSSR count). The van der Waals surface area contributed by atoms with E-state index in [-0.39, 0.29) is 24.4 Å². The van der Waals surface area contributed by atoms with Crippen LogP contribution in [-0.2, 0) is 21.2 Å². The summed E-state index contributed by atoms with van der Waals surface area (Å²) in [5, 5.41) is 17.7. The van der Waals surface area contributed by atoms with Gasteiger partial charge in [0.1, 0.15) is 0 Å². The van der Waals surface area contributed by atoms with Gasteiger partial charge in [0.15, 0.2) is 0 Å². The minimum absolute atomic E-state index is 0.0632. The van der Waals surface area contributed by atoms with Gasteiger partial charge in [-0.1, -0.05) is 12.1 Å². The second-order valence-corrected chi connectivity index (χ2v) is 5.55. The highest BCUT2D eigenvalue weighted by molar-refractivity contribution is 7.89. The number of primary sulfonamides is 1. The SMILES string of the molecule is NS(=O)(=O)CCNC(=O)Cc1cccc([N+](=O)[O-])c1. The van der Waals surface area contributed by atoms with Gasteiger partial charge in [-0.3, -0.25) is 14.9 Å². The fraction of sp³-hybridized carbons (Fsp3) is 0.300. The normalized spacial score (nSPS) is 11.0. The van der Waals surface area contributed by atoms with E-state index in [1.165, 1.54) is 18.2 Å². The number of nitrogens with two attached hydrogens (primary N) is 1. The summed E-state index contributed by atoms with van der Waals surface area (Å²) in [5.74, 6) is -0.780. The van der Waals surface area contributed by atoms with E-state index in [2.05, 4.69) is 5.32 Å². The number of amides is 1. The van der Waals surface area contributed by atoms with Gasteiger partial charge in [0.05, 0.1) is 17.1 Å². The molecule has 0 spiro atoms. The Bertz CT molecular complexity index is 585. The van der Waals surface area contributed by atoms with Crippen LogP contribution in [0.15, 0.2) is 24.3 Å². The van der Waals surface area contributed by atoms with Crippen LogP contribution in [-0.4, -0.2) is 31.5 Å². The number of nitrogens with one attached hydrogen (secondary N) is 1. The zero-order valence-electron chi connectivity index (χ0n) is 9.90. The molecule has 0 bridgehead atoms. The number of carbonyl (C=O) groups excluding carboxylic acids is 1. The summed E-state index contributed by atoms with van der Waals surface area (Å²) in [7, 11) is -3.61. The molecule has 9 heteroatoms. The Kier molecular flexibility index (Phi) is 4.95. The highest BCUT2D eigenvalue weighted by Gasteiger charge is 2.09. The number of nitro benzene ring substituents is 1. The van der Waals surface area contributed by atoms with Crippen molar-refractivity contribution in [1.82, 2.24) is 5.32 Å². The number of nitro groups is 1. The standard InChI is InChI=1S/C10H13N3O5S/c11-19(17,18)5-4-12-10(14)7-8-2-1-3-9(6-8)13(15)16/h1-3,6H,4-5,7H2,(H,12,14)(H2,11,17,18). The summed E-state index contributed by atoms with van der Waals surface area (Å²) >= 11 is 0. The lowest BCUT2D eigenvalue weighted by Crippen LogP contribution is -2.32. The first kappa shape index (κ1) is 15.1. The van der Waals surface area contributed by atoms with E-state index in [1.54, 1.807) is 6.07 Å². The van der Waals surface area contributed by atoms with E-state index in [0.29, 0.717) is 5.56 Å². The van der Waals surface area contributed by atoms with Crippen LogP contribution in [0.25, 0.3) is 0 Å². The number of rotatable bonds is 6. The lowest BCUT2D eigenvalue weighted by Gasteiger charge is -2.04. The van der Waals surface area contributed by atoms with Gasteiger partial charge in [-0.25, -0.2) is 13.6 Å². The third-order valence-electron chi connectivity index (χ3n) is 2.19. The molecule has 104 valence electrons. The zero-order chi connectivity index (χ0) is 14.5. The molecule has 0 fully saturated rings. The summed E-state index contributed by atoms with van der Waals surface area (Å²) in [6.07, 6.45) is -0.0632. The fourth-order valence-electron chi connectivity index (χ4n) is 1.36. The number of hydrogen-bond acceptors (Lipinski definition) is 5. The Morgan fingerprint density at radius 2 is 2.11 bits per heavy atom. The van der Waals surface area contributed by atoms with Crippen molar-refractivity contribution in [2.45, 2.75) is 6.42 Å². The molecule has 0 radical (unpaired) electrons. The largest absolute Gasteiger partial charge is 0.355 e. The molecule has 0 atom stereocenters. The molecular formula is C10H13N3O5S. The summed E-state index contributed by atoms with van der Waals surface area (Å²) in [6.45, 7) is -0.0907. The molecule has 0 aliphatic rings. The lowest BCUT2D eigenvalue weighted by atomic mass is 10.1. The average Bonchev–Trinajstić information content (AvgIpc) is 2.27. The van der Waals surface area contributed by atoms with Gasteiger partial charge in [-0.15, -0.1) is 0 Å². The molecule has 19 heavy (non-hydrogen) atoms. The Morgan fingerprint density at radius 3 is 2.68 bits per heavy atom. The quantitative estimate of drug-likeness (QED) is 0.539. The molecule has 1 amide bonds. The molecule has 0 aliphatic heterocycles. The van der Waals surface area contributed by atoms with Gasteiger partial charge >= 0.3 is 0 Å². The molecule has 0 heterocycles. The third kappa shape index (κ3) is 5.93. The number of hydrogen-bond donors (Lipinski definition) is 2. The maximum atomic E-state index is 11.5. The van der Waals surface area contributed by atoms with Crippen molar-refractivity contribution in [3.63, 3.8) is 0 Å². The zero-order valence-corrected chi connectivity index (χ0v) is 10.7. The summed E-state index contributed by atoms with van der Waals surface area (Å²) < 4.78 is 21.3. The molecule has 0 unspecified atom stereocenters. The Balaban J connectivity index is 2.53. The Hall–Kier alpha value is -2.00. The number of sulfonamides is 1. The van der Waals surface area contributed by atoms with Crippen molar-refractivity contribution in [2.24, 2.45) is 5.14 Å². The van der Waals surface area contributed by atoms with Crippen molar-refractivity contribution >= 4 is 21.6 Å². The second kappa shape index (κ2) is 6.25. The number of carbonyl (C=O) groups is 1. The topological polar surface area (TPSA) is 132 Å². The van der Waals surface area contributed by atoms with Gasteiger partial charge in [-0.05, 0) is 5.56 Å². The minimum Gasteiger partial charge on any atom is -0.355 e. The molecule has 0 saturated carbocycles. The maximum absolute atomic E-state index is 11.5.